The maximum Gasteiger partial charge on any atom is 0.274 e. The van der Waals surface area contributed by atoms with E-state index in [4.69, 9.17) is 11.6 Å². The third-order valence-electron chi connectivity index (χ3n) is 5.71. The van der Waals surface area contributed by atoms with E-state index < -0.39 is 17.7 Å². The first-order valence-corrected chi connectivity index (χ1v) is 12.7. The number of imide groups is 1. The zero-order chi connectivity index (χ0) is 22.3. The molecule has 1 saturated heterocycles. The summed E-state index contributed by atoms with van der Waals surface area (Å²) in [5, 5.41) is 2.55. The van der Waals surface area contributed by atoms with E-state index in [0.29, 0.717) is 12.8 Å². The predicted octanol–water partition coefficient (Wildman–Crippen LogP) is 5.58. The van der Waals surface area contributed by atoms with E-state index >= 15 is 0 Å². The van der Waals surface area contributed by atoms with Crippen LogP contribution in [0.25, 0.3) is 0 Å². The van der Waals surface area contributed by atoms with Gasteiger partial charge < -0.3 is 0 Å². The van der Waals surface area contributed by atoms with E-state index in [9.17, 15) is 14.4 Å². The summed E-state index contributed by atoms with van der Waals surface area (Å²) >= 11 is 16.9. The molecule has 0 bridgehead atoms. The minimum absolute atomic E-state index is 0.0732. The highest BCUT2D eigenvalue weighted by molar-refractivity contribution is 9.12. The Morgan fingerprint density at radius 2 is 1.52 bits per heavy atom. The minimum Gasteiger partial charge on any atom is -0.272 e. The number of rotatable bonds is 4. The van der Waals surface area contributed by atoms with Crippen molar-refractivity contribution < 1.29 is 14.4 Å². The van der Waals surface area contributed by atoms with Gasteiger partial charge in [-0.3, -0.25) is 14.4 Å². The van der Waals surface area contributed by atoms with Crippen molar-refractivity contribution in [1.29, 1.82) is 0 Å². The van der Waals surface area contributed by atoms with Crippen molar-refractivity contribution >= 4 is 77.1 Å². The lowest BCUT2D eigenvalue weighted by molar-refractivity contribution is -0.155. The monoisotopic (exact) mass is 630 g/mol. The van der Waals surface area contributed by atoms with Crippen LogP contribution in [0.15, 0.2) is 53.0 Å². The summed E-state index contributed by atoms with van der Waals surface area (Å²) in [4.78, 5) is 40.4. The van der Waals surface area contributed by atoms with Gasteiger partial charge in [0.25, 0.3) is 17.7 Å². The number of carbonyl (C=O) groups is 3. The van der Waals surface area contributed by atoms with Crippen molar-refractivity contribution in [2.24, 2.45) is 11.8 Å². The zero-order valence-electron chi connectivity index (χ0n) is 16.2. The second kappa shape index (κ2) is 9.33. The number of fused-ring (bicyclic) bond motifs is 1. The van der Waals surface area contributed by atoms with Crippen LogP contribution >= 0.6 is 59.4 Å². The topological polar surface area (TPSA) is 57.7 Å². The molecule has 0 unspecified atom stereocenters. The van der Waals surface area contributed by atoms with Gasteiger partial charge >= 0.3 is 0 Å². The van der Waals surface area contributed by atoms with Crippen molar-refractivity contribution in [3.05, 3.63) is 69.2 Å². The lowest BCUT2D eigenvalue weighted by Crippen LogP contribution is -2.49. The molecule has 2 aromatic carbocycles. The zero-order valence-corrected chi connectivity index (χ0v) is 21.7. The van der Waals surface area contributed by atoms with Gasteiger partial charge in [-0.1, -0.05) is 83.7 Å². The third kappa shape index (κ3) is 4.49. The van der Waals surface area contributed by atoms with Crippen molar-refractivity contribution in [3.63, 3.8) is 0 Å². The SMILES string of the molecule is O=C(c1ccccc1Cl)N(Cc1ccc(Br)cc1)N1C(=O)[C@@H]2C[C@@H](Br)[C@@H](Br)C[C@H]2C1=O. The van der Waals surface area contributed by atoms with Gasteiger partial charge in [0.2, 0.25) is 0 Å². The molecule has 2 aromatic rings. The van der Waals surface area contributed by atoms with Crippen LogP contribution in [0.3, 0.4) is 0 Å². The van der Waals surface area contributed by atoms with Gasteiger partial charge in [0.15, 0.2) is 0 Å². The average molecular weight is 634 g/mol. The van der Waals surface area contributed by atoms with Crippen molar-refractivity contribution in [2.75, 3.05) is 0 Å². The van der Waals surface area contributed by atoms with E-state index in [-0.39, 0.29) is 38.6 Å². The number of halogens is 4. The fraction of sp³-hybridized carbons (Fsp3) is 0.318. The number of alkyl halides is 2. The summed E-state index contributed by atoms with van der Waals surface area (Å²) in [6.07, 6.45) is 1.07. The highest BCUT2D eigenvalue weighted by Crippen LogP contribution is 2.44. The first-order chi connectivity index (χ1) is 14.8. The maximum atomic E-state index is 13.5. The molecule has 2 aliphatic rings. The van der Waals surface area contributed by atoms with Gasteiger partial charge in [-0.25, -0.2) is 5.01 Å². The van der Waals surface area contributed by atoms with Crippen LogP contribution in [0.5, 0.6) is 0 Å². The molecule has 0 N–H and O–H groups in total. The van der Waals surface area contributed by atoms with Crippen molar-refractivity contribution in [1.82, 2.24) is 10.0 Å². The van der Waals surface area contributed by atoms with Crippen LogP contribution in [0.4, 0.5) is 0 Å². The summed E-state index contributed by atoms with van der Waals surface area (Å²) in [6.45, 7) is 0.0732. The Kier molecular flexibility index (Phi) is 6.91. The standard InChI is InChI=1S/C22H18Br3ClN2O3/c23-13-7-5-12(6-8-13)11-27(20(29)14-3-1-2-4-19(14)26)28-21(30)15-9-17(24)18(25)10-16(15)22(28)31/h1-8,15-18H,9-11H2/t15-,16-,17-,18+/m1/s1. The van der Waals surface area contributed by atoms with E-state index in [1.807, 2.05) is 24.3 Å². The number of benzene rings is 2. The first kappa shape index (κ1) is 23.0. The lowest BCUT2D eigenvalue weighted by atomic mass is 9.81. The largest absolute Gasteiger partial charge is 0.274 e. The molecule has 5 nitrogen and oxygen atoms in total. The van der Waals surface area contributed by atoms with Gasteiger partial charge in [-0.15, -0.1) is 0 Å². The Morgan fingerprint density at radius 1 is 0.968 bits per heavy atom. The molecule has 2 fully saturated rings. The highest BCUT2D eigenvalue weighted by Gasteiger charge is 2.54. The Labute approximate surface area is 210 Å². The highest BCUT2D eigenvalue weighted by atomic mass is 79.9. The fourth-order valence-corrected chi connectivity index (χ4v) is 5.80. The Bertz CT molecular complexity index is 1000. The van der Waals surface area contributed by atoms with Gasteiger partial charge in [-0.05, 0) is 42.7 Å². The van der Waals surface area contributed by atoms with Gasteiger partial charge in [0, 0.05) is 14.1 Å². The van der Waals surface area contributed by atoms with Crippen LogP contribution < -0.4 is 0 Å². The third-order valence-corrected chi connectivity index (χ3v) is 9.31. The van der Waals surface area contributed by atoms with Crippen LogP contribution in [0, 0.1) is 11.8 Å². The fourth-order valence-electron chi connectivity index (χ4n) is 4.09. The lowest BCUT2D eigenvalue weighted by Gasteiger charge is -2.31. The number of hydrogen-bond acceptors (Lipinski definition) is 3. The minimum atomic E-state index is -0.486. The molecule has 9 heteroatoms. The molecule has 1 aliphatic heterocycles. The Balaban J connectivity index is 1.72. The second-order valence-electron chi connectivity index (χ2n) is 7.67. The van der Waals surface area contributed by atoms with Crippen molar-refractivity contribution in [3.8, 4) is 0 Å². The first-order valence-electron chi connectivity index (χ1n) is 9.74. The van der Waals surface area contributed by atoms with E-state index in [2.05, 4.69) is 47.8 Å². The van der Waals surface area contributed by atoms with Gasteiger partial charge in [0.1, 0.15) is 0 Å². The molecule has 1 aliphatic carbocycles. The van der Waals surface area contributed by atoms with E-state index in [1.165, 1.54) is 5.01 Å². The molecule has 0 spiro atoms. The summed E-state index contributed by atoms with van der Waals surface area (Å²) in [5.41, 5.74) is 1.03. The normalized spacial score (nSPS) is 25.5. The second-order valence-corrected chi connectivity index (χ2v) is 11.3. The summed E-state index contributed by atoms with van der Waals surface area (Å²) < 4.78 is 0.895. The number of carbonyl (C=O) groups excluding carboxylic acids is 3. The van der Waals surface area contributed by atoms with E-state index in [0.717, 1.165) is 15.0 Å². The Hall–Kier alpha value is -1.22. The van der Waals surface area contributed by atoms with Gasteiger partial charge in [0.05, 0.1) is 29.0 Å². The van der Waals surface area contributed by atoms with Crippen LogP contribution in [-0.4, -0.2) is 37.4 Å². The molecule has 162 valence electrons. The smallest absolute Gasteiger partial charge is 0.272 e. The number of nitrogens with zero attached hydrogens (tertiary/aromatic N) is 2. The Morgan fingerprint density at radius 3 is 2.06 bits per heavy atom. The molecule has 4 atom stereocenters. The molecule has 1 heterocycles. The number of amides is 3. The van der Waals surface area contributed by atoms with Crippen LogP contribution in [0.1, 0.15) is 28.8 Å². The van der Waals surface area contributed by atoms with Crippen LogP contribution in [-0.2, 0) is 16.1 Å². The predicted molar refractivity (Wildman–Crippen MR) is 129 cm³/mol. The molecule has 3 amide bonds. The quantitative estimate of drug-likeness (QED) is 0.327. The molecule has 0 radical (unpaired) electrons. The van der Waals surface area contributed by atoms with Crippen molar-refractivity contribution in [2.45, 2.75) is 29.0 Å². The summed E-state index contributed by atoms with van der Waals surface area (Å²) in [7, 11) is 0. The summed E-state index contributed by atoms with van der Waals surface area (Å²) in [6, 6.07) is 14.0. The molecule has 0 aromatic heterocycles. The number of hydrogen-bond donors (Lipinski definition) is 0. The van der Waals surface area contributed by atoms with Gasteiger partial charge in [-0.2, -0.15) is 5.01 Å². The maximum absolute atomic E-state index is 13.5. The molecular weight excluding hydrogens is 615 g/mol. The molecule has 1 saturated carbocycles. The van der Waals surface area contributed by atoms with Crippen LogP contribution in [0.2, 0.25) is 5.02 Å². The average Bonchev–Trinajstić information content (AvgIpc) is 2.98. The molecule has 31 heavy (non-hydrogen) atoms. The summed E-state index contributed by atoms with van der Waals surface area (Å²) in [5.74, 6) is -2.05. The molecular formula is C22H18Br3ClN2O3. The molecule has 4 rings (SSSR count). The number of hydrazine groups is 1. The van der Waals surface area contributed by atoms with E-state index in [1.54, 1.807) is 24.3 Å².